The SMILES string of the molecule is Cc1cc(C)n(-c2ccc(C(=O)OCC(=O)N(C)C3(c4ccccc4Cl)CCCCC3=O)cn2)n1. The highest BCUT2D eigenvalue weighted by Gasteiger charge is 2.48. The van der Waals surface area contributed by atoms with Crippen molar-refractivity contribution in [3.05, 3.63) is 76.2 Å². The molecule has 4 rings (SSSR count). The zero-order valence-corrected chi connectivity index (χ0v) is 20.7. The van der Waals surface area contributed by atoms with E-state index in [9.17, 15) is 14.4 Å². The molecular weight excluding hydrogens is 468 g/mol. The lowest BCUT2D eigenvalue weighted by Crippen LogP contribution is -2.55. The number of Topliss-reactive ketones (excluding diaryl/α,β-unsaturated/α-hetero) is 1. The Hall–Kier alpha value is -3.52. The third-order valence-electron chi connectivity index (χ3n) is 6.46. The number of esters is 1. The Bertz CT molecular complexity index is 1270. The first kappa shape index (κ1) is 24.6. The number of rotatable bonds is 6. The van der Waals surface area contributed by atoms with Crippen molar-refractivity contribution in [2.24, 2.45) is 0 Å². The zero-order chi connectivity index (χ0) is 25.2. The van der Waals surface area contributed by atoms with Gasteiger partial charge in [0, 0.05) is 35.9 Å². The topological polar surface area (TPSA) is 94.4 Å². The van der Waals surface area contributed by atoms with Crippen LogP contribution in [0.5, 0.6) is 0 Å². The number of halogens is 1. The number of carbonyl (C=O) groups is 3. The van der Waals surface area contributed by atoms with Crippen LogP contribution < -0.4 is 0 Å². The standard InChI is InChI=1S/C26H27ClN4O4/c1-17-14-18(2)31(29-17)23-12-11-19(15-28-23)25(34)35-16-24(33)30(3)26(13-7-6-10-22(26)32)20-8-4-5-9-21(20)27/h4-5,8-9,11-12,14-15H,6-7,10,13,16H2,1-3H3. The molecule has 35 heavy (non-hydrogen) atoms. The highest BCUT2D eigenvalue weighted by molar-refractivity contribution is 6.31. The van der Waals surface area contributed by atoms with Crippen LogP contribution in [0.25, 0.3) is 5.82 Å². The highest BCUT2D eigenvalue weighted by Crippen LogP contribution is 2.42. The van der Waals surface area contributed by atoms with Crippen molar-refractivity contribution in [1.82, 2.24) is 19.7 Å². The number of aryl methyl sites for hydroxylation is 2. The van der Waals surface area contributed by atoms with Crippen LogP contribution in [0.3, 0.4) is 0 Å². The summed E-state index contributed by atoms with van der Waals surface area (Å²) in [6.07, 6.45) is 3.75. The van der Waals surface area contributed by atoms with Crippen molar-refractivity contribution < 1.29 is 19.1 Å². The molecule has 2 aromatic heterocycles. The van der Waals surface area contributed by atoms with Crippen molar-refractivity contribution in [2.45, 2.75) is 45.1 Å². The summed E-state index contributed by atoms with van der Waals surface area (Å²) in [6, 6.07) is 12.2. The van der Waals surface area contributed by atoms with Crippen LogP contribution in [0, 0.1) is 13.8 Å². The fourth-order valence-electron chi connectivity index (χ4n) is 4.64. The molecule has 1 aromatic carbocycles. The fourth-order valence-corrected chi connectivity index (χ4v) is 4.93. The number of amides is 1. The molecule has 0 bridgehead atoms. The Morgan fingerprint density at radius 2 is 1.94 bits per heavy atom. The van der Waals surface area contributed by atoms with Gasteiger partial charge in [-0.2, -0.15) is 5.10 Å². The van der Waals surface area contributed by atoms with E-state index in [2.05, 4.69) is 10.1 Å². The summed E-state index contributed by atoms with van der Waals surface area (Å²) in [5.74, 6) is -0.662. The first-order chi connectivity index (χ1) is 16.7. The van der Waals surface area contributed by atoms with Gasteiger partial charge in [0.25, 0.3) is 5.91 Å². The third kappa shape index (κ3) is 4.71. The monoisotopic (exact) mass is 494 g/mol. The van der Waals surface area contributed by atoms with E-state index in [0.29, 0.717) is 29.2 Å². The molecule has 1 saturated carbocycles. The first-order valence-electron chi connectivity index (χ1n) is 11.5. The summed E-state index contributed by atoms with van der Waals surface area (Å²) in [7, 11) is 1.56. The maximum atomic E-state index is 13.2. The molecule has 1 aliphatic carbocycles. The predicted octanol–water partition coefficient (Wildman–Crippen LogP) is 4.19. The predicted molar refractivity (Wildman–Crippen MR) is 130 cm³/mol. The minimum Gasteiger partial charge on any atom is -0.452 e. The Kier molecular flexibility index (Phi) is 7.03. The van der Waals surface area contributed by atoms with E-state index in [4.69, 9.17) is 16.3 Å². The lowest BCUT2D eigenvalue weighted by Gasteiger charge is -2.43. The van der Waals surface area contributed by atoms with E-state index in [1.807, 2.05) is 19.9 Å². The van der Waals surface area contributed by atoms with E-state index >= 15 is 0 Å². The molecule has 9 heteroatoms. The molecule has 8 nitrogen and oxygen atoms in total. The molecule has 1 atom stereocenters. The Labute approximate surface area is 208 Å². The number of carbonyl (C=O) groups excluding carboxylic acids is 3. The van der Waals surface area contributed by atoms with Gasteiger partial charge in [0.15, 0.2) is 18.2 Å². The largest absolute Gasteiger partial charge is 0.452 e. The van der Waals surface area contributed by atoms with E-state index < -0.39 is 24.0 Å². The molecule has 1 unspecified atom stereocenters. The number of ether oxygens (including phenoxy) is 1. The number of hydrogen-bond acceptors (Lipinski definition) is 6. The first-order valence-corrected chi connectivity index (χ1v) is 11.8. The van der Waals surface area contributed by atoms with Crippen LogP contribution in [-0.4, -0.2) is 51.0 Å². The van der Waals surface area contributed by atoms with Crippen LogP contribution in [0.15, 0.2) is 48.7 Å². The second-order valence-corrected chi connectivity index (χ2v) is 9.15. The molecule has 0 N–H and O–H groups in total. The molecule has 1 amide bonds. The number of hydrogen-bond donors (Lipinski definition) is 0. The van der Waals surface area contributed by atoms with Gasteiger partial charge in [0.2, 0.25) is 0 Å². The highest BCUT2D eigenvalue weighted by atomic mass is 35.5. The average molecular weight is 495 g/mol. The smallest absolute Gasteiger partial charge is 0.340 e. The Morgan fingerprint density at radius 3 is 2.57 bits per heavy atom. The van der Waals surface area contributed by atoms with Gasteiger partial charge in [0.05, 0.1) is 11.3 Å². The van der Waals surface area contributed by atoms with Crippen LogP contribution in [0.4, 0.5) is 0 Å². The number of nitrogens with zero attached hydrogens (tertiary/aromatic N) is 4. The Morgan fingerprint density at radius 1 is 1.17 bits per heavy atom. The molecule has 1 aliphatic rings. The summed E-state index contributed by atoms with van der Waals surface area (Å²) in [5.41, 5.74) is 1.41. The fraction of sp³-hybridized carbons (Fsp3) is 0.346. The van der Waals surface area contributed by atoms with Crippen LogP contribution in [0.2, 0.25) is 5.02 Å². The van der Waals surface area contributed by atoms with Gasteiger partial charge in [0.1, 0.15) is 5.54 Å². The molecule has 3 aromatic rings. The van der Waals surface area contributed by atoms with E-state index in [-0.39, 0.29) is 11.3 Å². The number of benzene rings is 1. The van der Waals surface area contributed by atoms with Gasteiger partial charge < -0.3 is 9.64 Å². The second kappa shape index (κ2) is 10.00. The van der Waals surface area contributed by atoms with Gasteiger partial charge in [-0.05, 0) is 57.4 Å². The Balaban J connectivity index is 1.48. The van der Waals surface area contributed by atoms with E-state index in [0.717, 1.165) is 24.2 Å². The minimum atomic E-state index is -1.18. The average Bonchev–Trinajstić information content (AvgIpc) is 3.20. The summed E-state index contributed by atoms with van der Waals surface area (Å²) in [5, 5.41) is 4.80. The van der Waals surface area contributed by atoms with Gasteiger partial charge in [-0.25, -0.2) is 14.5 Å². The number of pyridine rings is 1. The lowest BCUT2D eigenvalue weighted by atomic mass is 9.74. The maximum Gasteiger partial charge on any atom is 0.340 e. The van der Waals surface area contributed by atoms with Crippen molar-refractivity contribution in [3.63, 3.8) is 0 Å². The van der Waals surface area contributed by atoms with E-state index in [1.54, 1.807) is 48.1 Å². The summed E-state index contributed by atoms with van der Waals surface area (Å²) < 4.78 is 6.96. The quantitative estimate of drug-likeness (QED) is 0.477. The molecule has 2 heterocycles. The van der Waals surface area contributed by atoms with Crippen LogP contribution in [0.1, 0.15) is 53.0 Å². The van der Waals surface area contributed by atoms with Crippen LogP contribution >= 0.6 is 11.6 Å². The zero-order valence-electron chi connectivity index (χ0n) is 20.0. The van der Waals surface area contributed by atoms with Crippen molar-refractivity contribution in [2.75, 3.05) is 13.7 Å². The van der Waals surface area contributed by atoms with Gasteiger partial charge in [-0.3, -0.25) is 9.59 Å². The van der Waals surface area contributed by atoms with Crippen LogP contribution in [-0.2, 0) is 19.9 Å². The van der Waals surface area contributed by atoms with Crippen molar-refractivity contribution in [1.29, 1.82) is 0 Å². The normalized spacial score (nSPS) is 17.8. The molecule has 182 valence electrons. The second-order valence-electron chi connectivity index (χ2n) is 8.74. The molecular formula is C26H27ClN4O4. The molecule has 0 saturated heterocycles. The summed E-state index contributed by atoms with van der Waals surface area (Å²) in [6.45, 7) is 3.30. The number of ketones is 1. The van der Waals surface area contributed by atoms with Crippen molar-refractivity contribution in [3.8, 4) is 5.82 Å². The summed E-state index contributed by atoms with van der Waals surface area (Å²) >= 11 is 6.45. The molecule has 0 spiro atoms. The van der Waals surface area contributed by atoms with Crippen molar-refractivity contribution >= 4 is 29.3 Å². The van der Waals surface area contributed by atoms with Gasteiger partial charge in [-0.1, -0.05) is 29.8 Å². The molecule has 0 radical (unpaired) electrons. The maximum absolute atomic E-state index is 13.2. The van der Waals surface area contributed by atoms with Gasteiger partial charge in [-0.15, -0.1) is 0 Å². The van der Waals surface area contributed by atoms with Gasteiger partial charge >= 0.3 is 5.97 Å². The number of aromatic nitrogens is 3. The lowest BCUT2D eigenvalue weighted by molar-refractivity contribution is -0.150. The molecule has 1 fully saturated rings. The third-order valence-corrected chi connectivity index (χ3v) is 6.79. The number of likely N-dealkylation sites (N-methyl/N-ethyl adjacent to an activating group) is 1. The summed E-state index contributed by atoms with van der Waals surface area (Å²) in [4.78, 5) is 44.6. The molecule has 0 aliphatic heterocycles. The van der Waals surface area contributed by atoms with E-state index in [1.165, 1.54) is 11.1 Å². The minimum absolute atomic E-state index is 0.0667.